The molecule has 0 atom stereocenters. The molecular formula is C8H14N2O. The first-order valence-electron chi connectivity index (χ1n) is 3.79. The lowest BCUT2D eigenvalue weighted by molar-refractivity contribution is 0.463. The highest BCUT2D eigenvalue weighted by atomic mass is 16.3. The summed E-state index contributed by atoms with van der Waals surface area (Å²) in [6, 6.07) is 3.93. The minimum atomic E-state index is 0.666. The molecular weight excluding hydrogens is 140 g/mol. The molecule has 3 nitrogen and oxygen atoms in total. The summed E-state index contributed by atoms with van der Waals surface area (Å²) in [6.45, 7) is 4.21. The van der Waals surface area contributed by atoms with Gasteiger partial charge in [-0.2, -0.15) is 0 Å². The van der Waals surface area contributed by atoms with Gasteiger partial charge >= 0.3 is 0 Å². The summed E-state index contributed by atoms with van der Waals surface area (Å²) in [4.78, 5) is 0. The monoisotopic (exact) mass is 154 g/mol. The third kappa shape index (κ3) is 2.74. The summed E-state index contributed by atoms with van der Waals surface area (Å²) in [5, 5.41) is 3.15. The molecule has 1 aromatic rings. The summed E-state index contributed by atoms with van der Waals surface area (Å²) >= 11 is 0. The van der Waals surface area contributed by atoms with Crippen molar-refractivity contribution in [2.24, 2.45) is 5.73 Å². The van der Waals surface area contributed by atoms with Crippen LogP contribution in [0.3, 0.4) is 0 Å². The standard InChI is InChI=1S/C8H14N2O/c1-7-2-3-8(11-7)6-10-5-4-9/h2-3,10H,4-6,9H2,1H3. The molecule has 0 saturated heterocycles. The number of nitrogens with one attached hydrogen (secondary N) is 1. The molecule has 62 valence electrons. The van der Waals surface area contributed by atoms with Crippen LogP contribution in [-0.2, 0) is 6.54 Å². The van der Waals surface area contributed by atoms with Crippen LogP contribution in [0.2, 0.25) is 0 Å². The fraction of sp³-hybridized carbons (Fsp3) is 0.500. The van der Waals surface area contributed by atoms with E-state index in [1.54, 1.807) is 0 Å². The number of rotatable bonds is 4. The molecule has 0 aliphatic carbocycles. The number of furan rings is 1. The van der Waals surface area contributed by atoms with Crippen molar-refractivity contribution >= 4 is 0 Å². The lowest BCUT2D eigenvalue weighted by Crippen LogP contribution is -2.21. The molecule has 0 aromatic carbocycles. The van der Waals surface area contributed by atoms with Gasteiger partial charge in [0.2, 0.25) is 0 Å². The Kier molecular flexibility index (Phi) is 3.14. The fourth-order valence-corrected chi connectivity index (χ4v) is 0.894. The molecule has 0 spiro atoms. The van der Waals surface area contributed by atoms with Crippen molar-refractivity contribution in [1.29, 1.82) is 0 Å². The van der Waals surface area contributed by atoms with Gasteiger partial charge in [-0.25, -0.2) is 0 Å². The molecule has 0 fully saturated rings. The Morgan fingerprint density at radius 2 is 2.36 bits per heavy atom. The molecule has 0 saturated carbocycles. The van der Waals surface area contributed by atoms with Crippen LogP contribution in [0.25, 0.3) is 0 Å². The minimum Gasteiger partial charge on any atom is -0.465 e. The van der Waals surface area contributed by atoms with E-state index in [1.165, 1.54) is 0 Å². The zero-order chi connectivity index (χ0) is 8.10. The highest BCUT2D eigenvalue weighted by Gasteiger charge is 1.95. The van der Waals surface area contributed by atoms with Gasteiger partial charge in [0.05, 0.1) is 6.54 Å². The highest BCUT2D eigenvalue weighted by molar-refractivity contribution is 5.04. The average Bonchev–Trinajstić information content (AvgIpc) is 2.37. The van der Waals surface area contributed by atoms with E-state index < -0.39 is 0 Å². The second kappa shape index (κ2) is 4.16. The third-order valence-corrected chi connectivity index (χ3v) is 1.42. The first kappa shape index (κ1) is 8.30. The van der Waals surface area contributed by atoms with E-state index in [1.807, 2.05) is 19.1 Å². The molecule has 3 N–H and O–H groups in total. The van der Waals surface area contributed by atoms with Gasteiger partial charge in [-0.05, 0) is 19.1 Å². The predicted molar refractivity (Wildman–Crippen MR) is 44.2 cm³/mol. The molecule has 1 heterocycles. The van der Waals surface area contributed by atoms with Gasteiger partial charge in [-0.3, -0.25) is 0 Å². The van der Waals surface area contributed by atoms with Crippen molar-refractivity contribution in [3.05, 3.63) is 23.7 Å². The summed E-state index contributed by atoms with van der Waals surface area (Å²) < 4.78 is 5.33. The predicted octanol–water partition coefficient (Wildman–Crippen LogP) is 0.636. The van der Waals surface area contributed by atoms with E-state index in [0.717, 1.165) is 24.6 Å². The van der Waals surface area contributed by atoms with Crippen molar-refractivity contribution in [2.75, 3.05) is 13.1 Å². The Bertz CT molecular complexity index is 208. The van der Waals surface area contributed by atoms with Crippen LogP contribution in [0.15, 0.2) is 16.5 Å². The Balaban J connectivity index is 2.27. The second-order valence-corrected chi connectivity index (χ2v) is 2.48. The molecule has 3 heteroatoms. The van der Waals surface area contributed by atoms with Crippen LogP contribution in [0, 0.1) is 6.92 Å². The topological polar surface area (TPSA) is 51.2 Å². The molecule has 0 radical (unpaired) electrons. The average molecular weight is 154 g/mol. The number of hydrogen-bond donors (Lipinski definition) is 2. The molecule has 0 unspecified atom stereocenters. The maximum atomic E-state index is 5.33. The zero-order valence-corrected chi connectivity index (χ0v) is 6.76. The minimum absolute atomic E-state index is 0.666. The van der Waals surface area contributed by atoms with Crippen LogP contribution in [0.5, 0.6) is 0 Å². The van der Waals surface area contributed by atoms with E-state index in [4.69, 9.17) is 10.2 Å². The maximum absolute atomic E-state index is 5.33. The van der Waals surface area contributed by atoms with Crippen LogP contribution < -0.4 is 11.1 Å². The molecule has 1 aromatic heterocycles. The first-order chi connectivity index (χ1) is 5.33. The largest absolute Gasteiger partial charge is 0.465 e. The first-order valence-corrected chi connectivity index (χ1v) is 3.79. The molecule has 0 aliphatic rings. The molecule has 0 aliphatic heterocycles. The normalized spacial score (nSPS) is 10.4. The van der Waals surface area contributed by atoms with E-state index in [0.29, 0.717) is 6.54 Å². The fourth-order valence-electron chi connectivity index (χ4n) is 0.894. The van der Waals surface area contributed by atoms with Crippen molar-refractivity contribution in [3.8, 4) is 0 Å². The van der Waals surface area contributed by atoms with Gasteiger partial charge in [0.25, 0.3) is 0 Å². The molecule has 0 bridgehead atoms. The highest BCUT2D eigenvalue weighted by Crippen LogP contribution is 2.04. The van der Waals surface area contributed by atoms with Gasteiger partial charge in [-0.15, -0.1) is 0 Å². The van der Waals surface area contributed by atoms with Crippen LogP contribution in [0.4, 0.5) is 0 Å². The van der Waals surface area contributed by atoms with Gasteiger partial charge in [0, 0.05) is 13.1 Å². The molecule has 0 amide bonds. The summed E-state index contributed by atoms with van der Waals surface area (Å²) in [5.74, 6) is 1.92. The van der Waals surface area contributed by atoms with E-state index in [-0.39, 0.29) is 0 Å². The van der Waals surface area contributed by atoms with Gasteiger partial charge in [0.15, 0.2) is 0 Å². The number of nitrogens with two attached hydrogens (primary N) is 1. The molecule has 11 heavy (non-hydrogen) atoms. The van der Waals surface area contributed by atoms with Crippen LogP contribution in [-0.4, -0.2) is 13.1 Å². The van der Waals surface area contributed by atoms with Crippen molar-refractivity contribution < 1.29 is 4.42 Å². The van der Waals surface area contributed by atoms with Gasteiger partial charge < -0.3 is 15.5 Å². The molecule has 1 rings (SSSR count). The summed E-state index contributed by atoms with van der Waals surface area (Å²) in [7, 11) is 0. The van der Waals surface area contributed by atoms with E-state index >= 15 is 0 Å². The third-order valence-electron chi connectivity index (χ3n) is 1.42. The zero-order valence-electron chi connectivity index (χ0n) is 6.76. The quantitative estimate of drug-likeness (QED) is 0.626. The number of aryl methyl sites for hydroxylation is 1. The van der Waals surface area contributed by atoms with Gasteiger partial charge in [-0.1, -0.05) is 0 Å². The van der Waals surface area contributed by atoms with E-state index in [9.17, 15) is 0 Å². The Morgan fingerprint density at radius 3 is 2.91 bits per heavy atom. The summed E-state index contributed by atoms with van der Waals surface area (Å²) in [6.07, 6.45) is 0. The number of hydrogen-bond acceptors (Lipinski definition) is 3. The summed E-state index contributed by atoms with van der Waals surface area (Å²) in [5.41, 5.74) is 5.30. The van der Waals surface area contributed by atoms with Crippen LogP contribution >= 0.6 is 0 Å². The van der Waals surface area contributed by atoms with Crippen molar-refractivity contribution in [1.82, 2.24) is 5.32 Å². The van der Waals surface area contributed by atoms with Crippen LogP contribution in [0.1, 0.15) is 11.5 Å². The van der Waals surface area contributed by atoms with Crippen molar-refractivity contribution in [2.45, 2.75) is 13.5 Å². The Hall–Kier alpha value is -0.800. The lowest BCUT2D eigenvalue weighted by atomic mass is 10.4. The maximum Gasteiger partial charge on any atom is 0.117 e. The van der Waals surface area contributed by atoms with Gasteiger partial charge in [0.1, 0.15) is 11.5 Å². The lowest BCUT2D eigenvalue weighted by Gasteiger charge is -1.97. The Morgan fingerprint density at radius 1 is 1.55 bits per heavy atom. The Labute approximate surface area is 66.6 Å². The second-order valence-electron chi connectivity index (χ2n) is 2.48. The van der Waals surface area contributed by atoms with E-state index in [2.05, 4.69) is 5.32 Å². The van der Waals surface area contributed by atoms with Crippen molar-refractivity contribution in [3.63, 3.8) is 0 Å². The SMILES string of the molecule is Cc1ccc(CNCCN)o1. The smallest absolute Gasteiger partial charge is 0.117 e.